The van der Waals surface area contributed by atoms with Gasteiger partial charge in [0.1, 0.15) is 6.79 Å². The number of rotatable bonds is 1. The molecular weight excluding hydrogens is 122 g/mol. The van der Waals surface area contributed by atoms with Gasteiger partial charge in [-0.05, 0) is 0 Å². The van der Waals surface area contributed by atoms with Crippen LogP contribution >= 0.6 is 0 Å². The summed E-state index contributed by atoms with van der Waals surface area (Å²) in [5, 5.41) is 0. The minimum atomic E-state index is -0.352. The lowest BCUT2D eigenvalue weighted by Crippen LogP contribution is -2.35. The van der Waals surface area contributed by atoms with E-state index in [9.17, 15) is 4.79 Å². The quantitative estimate of drug-likeness (QED) is 0.501. The van der Waals surface area contributed by atoms with Crippen LogP contribution in [0, 0.1) is 5.92 Å². The molecular formula is C5H9NO3. The fraction of sp³-hybridized carbons (Fsp3) is 0.800. The van der Waals surface area contributed by atoms with Crippen LogP contribution in [-0.2, 0) is 14.3 Å². The normalized spacial score (nSPS) is 21.8. The van der Waals surface area contributed by atoms with E-state index in [1.807, 2.05) is 0 Å². The van der Waals surface area contributed by atoms with E-state index in [4.69, 9.17) is 15.2 Å². The summed E-state index contributed by atoms with van der Waals surface area (Å²) < 4.78 is 9.64. The number of hydrogen-bond acceptors (Lipinski definition) is 3. The number of carbonyl (C=O) groups is 1. The highest BCUT2D eigenvalue weighted by Gasteiger charge is 2.18. The van der Waals surface area contributed by atoms with E-state index in [2.05, 4.69) is 0 Å². The Bertz CT molecular complexity index is 109. The van der Waals surface area contributed by atoms with Crippen LogP contribution in [-0.4, -0.2) is 25.9 Å². The van der Waals surface area contributed by atoms with E-state index in [1.165, 1.54) is 0 Å². The predicted molar refractivity (Wildman–Crippen MR) is 29.5 cm³/mol. The number of amides is 1. The van der Waals surface area contributed by atoms with Crippen molar-refractivity contribution >= 4 is 5.91 Å². The summed E-state index contributed by atoms with van der Waals surface area (Å²) in [6.45, 7) is 1.08. The lowest BCUT2D eigenvalue weighted by atomic mass is 10.1. The molecule has 0 unspecified atom stereocenters. The average molecular weight is 131 g/mol. The van der Waals surface area contributed by atoms with Gasteiger partial charge in [-0.15, -0.1) is 0 Å². The first kappa shape index (κ1) is 6.51. The Hall–Kier alpha value is -0.610. The predicted octanol–water partition coefficient (Wildman–Crippen LogP) is -0.908. The molecule has 0 aromatic heterocycles. The topological polar surface area (TPSA) is 61.6 Å². The van der Waals surface area contributed by atoms with Crippen LogP contribution in [0.4, 0.5) is 0 Å². The fourth-order valence-corrected chi connectivity index (χ4v) is 0.652. The van der Waals surface area contributed by atoms with Crippen molar-refractivity contribution in [3.63, 3.8) is 0 Å². The summed E-state index contributed by atoms with van der Waals surface area (Å²) in [4.78, 5) is 10.4. The summed E-state index contributed by atoms with van der Waals surface area (Å²) in [5.41, 5.74) is 4.97. The van der Waals surface area contributed by atoms with Gasteiger partial charge < -0.3 is 15.2 Å². The second kappa shape index (κ2) is 2.80. The van der Waals surface area contributed by atoms with E-state index in [0.717, 1.165) is 0 Å². The van der Waals surface area contributed by atoms with Gasteiger partial charge in [-0.3, -0.25) is 4.79 Å². The van der Waals surface area contributed by atoms with Crippen molar-refractivity contribution in [2.24, 2.45) is 11.7 Å². The van der Waals surface area contributed by atoms with Crippen LogP contribution in [0.3, 0.4) is 0 Å². The zero-order valence-electron chi connectivity index (χ0n) is 5.00. The number of carbonyl (C=O) groups excluding carboxylic acids is 1. The number of primary amides is 1. The van der Waals surface area contributed by atoms with E-state index in [0.29, 0.717) is 13.2 Å². The van der Waals surface area contributed by atoms with Gasteiger partial charge in [-0.25, -0.2) is 0 Å². The molecule has 0 saturated carbocycles. The van der Waals surface area contributed by atoms with E-state index in [-0.39, 0.29) is 18.6 Å². The molecule has 4 nitrogen and oxygen atoms in total. The van der Waals surface area contributed by atoms with E-state index < -0.39 is 0 Å². The molecule has 1 aliphatic rings. The largest absolute Gasteiger partial charge is 0.369 e. The second-order valence-corrected chi connectivity index (χ2v) is 1.96. The van der Waals surface area contributed by atoms with Crippen LogP contribution in [0.2, 0.25) is 0 Å². The standard InChI is InChI=1S/C5H9NO3/c6-5(7)4-1-8-3-9-2-4/h4H,1-3H2,(H2,6,7). The summed E-state index contributed by atoms with van der Waals surface area (Å²) >= 11 is 0. The molecule has 0 atom stereocenters. The third-order valence-electron chi connectivity index (χ3n) is 1.21. The Morgan fingerprint density at radius 2 is 2.00 bits per heavy atom. The highest BCUT2D eigenvalue weighted by atomic mass is 16.7. The van der Waals surface area contributed by atoms with Crippen molar-refractivity contribution in [1.29, 1.82) is 0 Å². The number of ether oxygens (including phenoxy) is 2. The lowest BCUT2D eigenvalue weighted by molar-refractivity contribution is -0.149. The molecule has 2 N–H and O–H groups in total. The molecule has 1 heterocycles. The maximum Gasteiger partial charge on any atom is 0.225 e. The van der Waals surface area contributed by atoms with Crippen LogP contribution in [0.15, 0.2) is 0 Å². The monoisotopic (exact) mass is 131 g/mol. The van der Waals surface area contributed by atoms with Gasteiger partial charge in [0.05, 0.1) is 19.1 Å². The Morgan fingerprint density at radius 3 is 2.33 bits per heavy atom. The zero-order chi connectivity index (χ0) is 6.69. The Balaban J connectivity index is 2.31. The summed E-state index contributed by atoms with van der Waals surface area (Å²) in [6, 6.07) is 0. The van der Waals surface area contributed by atoms with Gasteiger partial charge in [0, 0.05) is 0 Å². The van der Waals surface area contributed by atoms with E-state index >= 15 is 0 Å². The first-order chi connectivity index (χ1) is 4.30. The Morgan fingerprint density at radius 1 is 1.44 bits per heavy atom. The third-order valence-corrected chi connectivity index (χ3v) is 1.21. The van der Waals surface area contributed by atoms with Gasteiger partial charge in [0.15, 0.2) is 0 Å². The maximum absolute atomic E-state index is 10.4. The molecule has 1 saturated heterocycles. The first-order valence-corrected chi connectivity index (χ1v) is 2.75. The van der Waals surface area contributed by atoms with Gasteiger partial charge in [-0.1, -0.05) is 0 Å². The zero-order valence-corrected chi connectivity index (χ0v) is 5.00. The summed E-state index contributed by atoms with van der Waals surface area (Å²) in [5.74, 6) is -0.603. The van der Waals surface area contributed by atoms with Crippen LogP contribution in [0.25, 0.3) is 0 Å². The summed E-state index contributed by atoms with van der Waals surface area (Å²) in [6.07, 6.45) is 0. The van der Waals surface area contributed by atoms with E-state index in [1.54, 1.807) is 0 Å². The Labute approximate surface area is 52.9 Å². The average Bonchev–Trinajstić information content (AvgIpc) is 1.90. The van der Waals surface area contributed by atoms with Crippen molar-refractivity contribution in [2.45, 2.75) is 0 Å². The fourth-order valence-electron chi connectivity index (χ4n) is 0.652. The molecule has 9 heavy (non-hydrogen) atoms. The van der Waals surface area contributed by atoms with Crippen molar-refractivity contribution in [3.8, 4) is 0 Å². The molecule has 1 fully saturated rings. The molecule has 0 aromatic rings. The van der Waals surface area contributed by atoms with Crippen molar-refractivity contribution < 1.29 is 14.3 Å². The van der Waals surface area contributed by atoms with Gasteiger partial charge >= 0.3 is 0 Å². The van der Waals surface area contributed by atoms with Crippen molar-refractivity contribution in [3.05, 3.63) is 0 Å². The van der Waals surface area contributed by atoms with Gasteiger partial charge in [0.25, 0.3) is 0 Å². The summed E-state index contributed by atoms with van der Waals surface area (Å²) in [7, 11) is 0. The molecule has 0 aliphatic carbocycles. The minimum absolute atomic E-state index is 0.251. The Kier molecular flexibility index (Phi) is 2.02. The van der Waals surface area contributed by atoms with Crippen molar-refractivity contribution in [1.82, 2.24) is 0 Å². The molecule has 52 valence electrons. The van der Waals surface area contributed by atoms with Crippen molar-refractivity contribution in [2.75, 3.05) is 20.0 Å². The molecule has 4 heteroatoms. The molecule has 0 bridgehead atoms. The minimum Gasteiger partial charge on any atom is -0.369 e. The van der Waals surface area contributed by atoms with Gasteiger partial charge in [-0.2, -0.15) is 0 Å². The molecule has 0 radical (unpaired) electrons. The SMILES string of the molecule is NC(=O)C1COCOC1. The van der Waals surface area contributed by atoms with Crippen LogP contribution in [0.5, 0.6) is 0 Å². The lowest BCUT2D eigenvalue weighted by Gasteiger charge is -2.18. The van der Waals surface area contributed by atoms with Crippen LogP contribution in [0.1, 0.15) is 0 Å². The molecule has 1 rings (SSSR count). The second-order valence-electron chi connectivity index (χ2n) is 1.96. The highest BCUT2D eigenvalue weighted by Crippen LogP contribution is 2.02. The molecule has 0 aromatic carbocycles. The first-order valence-electron chi connectivity index (χ1n) is 2.75. The van der Waals surface area contributed by atoms with Gasteiger partial charge in [0.2, 0.25) is 5.91 Å². The third kappa shape index (κ3) is 1.65. The molecule has 1 aliphatic heterocycles. The number of hydrogen-bond donors (Lipinski definition) is 1. The maximum atomic E-state index is 10.4. The smallest absolute Gasteiger partial charge is 0.225 e. The van der Waals surface area contributed by atoms with Crippen LogP contribution < -0.4 is 5.73 Å². The molecule has 0 spiro atoms. The highest BCUT2D eigenvalue weighted by molar-refractivity contribution is 5.76. The molecule has 1 amide bonds. The number of nitrogens with two attached hydrogens (primary N) is 1.